The van der Waals surface area contributed by atoms with E-state index in [2.05, 4.69) is 46.6 Å². The third-order valence-electron chi connectivity index (χ3n) is 5.65. The molecule has 156 valence electrons. The van der Waals surface area contributed by atoms with Gasteiger partial charge in [-0.25, -0.2) is 4.39 Å². The molecule has 0 unspecified atom stereocenters. The number of likely N-dealkylation sites (tertiary alicyclic amines) is 1. The Bertz CT molecular complexity index is 974. The van der Waals surface area contributed by atoms with Crippen molar-refractivity contribution in [2.75, 3.05) is 13.1 Å². The number of hydrogen-bond acceptors (Lipinski definition) is 4. The minimum Gasteiger partial charge on any atom is -0.351 e. The average Bonchev–Trinajstić information content (AvgIpc) is 3.26. The van der Waals surface area contributed by atoms with Crippen molar-refractivity contribution in [1.82, 2.24) is 15.4 Å². The summed E-state index contributed by atoms with van der Waals surface area (Å²) in [7, 11) is 0. The van der Waals surface area contributed by atoms with Crippen LogP contribution in [0.4, 0.5) is 4.39 Å². The lowest BCUT2D eigenvalue weighted by Crippen LogP contribution is -2.32. The van der Waals surface area contributed by atoms with Crippen LogP contribution in [-0.2, 0) is 13.1 Å². The molecule has 2 heterocycles. The largest absolute Gasteiger partial charge is 0.351 e. The Balaban J connectivity index is 1.27. The number of carbonyl (C=O) groups is 1. The van der Waals surface area contributed by atoms with Crippen LogP contribution >= 0.6 is 0 Å². The molecule has 5 nitrogen and oxygen atoms in total. The molecule has 30 heavy (non-hydrogen) atoms. The van der Waals surface area contributed by atoms with Gasteiger partial charge >= 0.3 is 0 Å². The summed E-state index contributed by atoms with van der Waals surface area (Å²) < 4.78 is 18.2. The summed E-state index contributed by atoms with van der Waals surface area (Å²) in [5.41, 5.74) is 4.28. The molecule has 1 amide bonds. The number of amides is 1. The molecule has 3 aromatic rings. The Morgan fingerprint density at radius 2 is 1.77 bits per heavy atom. The Hall–Kier alpha value is -2.99. The Kier molecular flexibility index (Phi) is 6.23. The molecule has 1 saturated heterocycles. The van der Waals surface area contributed by atoms with E-state index in [1.807, 2.05) is 0 Å². The minimum absolute atomic E-state index is 0.217. The number of rotatable bonds is 6. The normalized spacial score (nSPS) is 15.3. The number of hydrogen-bond donors (Lipinski definition) is 1. The van der Waals surface area contributed by atoms with E-state index in [0.717, 1.165) is 43.7 Å². The standard InChI is InChI=1S/C24H26FN3O2/c1-17-2-4-19(5-3-17)16-28-12-10-20(11-13-28)22-14-23(30-27-22)24(29)26-15-18-6-8-21(25)9-7-18/h2-9,14,20H,10-13,15-16H2,1H3,(H,26,29). The van der Waals surface area contributed by atoms with E-state index < -0.39 is 0 Å². The zero-order valence-electron chi connectivity index (χ0n) is 17.1. The summed E-state index contributed by atoms with van der Waals surface area (Å²) in [6.07, 6.45) is 1.99. The molecule has 0 saturated carbocycles. The van der Waals surface area contributed by atoms with Crippen molar-refractivity contribution in [3.8, 4) is 0 Å². The predicted octanol–water partition coefficient (Wildman–Crippen LogP) is 4.43. The third-order valence-corrected chi connectivity index (χ3v) is 5.65. The first-order valence-corrected chi connectivity index (χ1v) is 10.3. The summed E-state index contributed by atoms with van der Waals surface area (Å²) in [5, 5.41) is 6.93. The Morgan fingerprint density at radius 3 is 2.47 bits per heavy atom. The summed E-state index contributed by atoms with van der Waals surface area (Å²) in [6, 6.07) is 16.5. The quantitative estimate of drug-likeness (QED) is 0.657. The molecule has 1 fully saturated rings. The van der Waals surface area contributed by atoms with Gasteiger partial charge < -0.3 is 9.84 Å². The van der Waals surface area contributed by atoms with Crippen LogP contribution in [0.15, 0.2) is 59.1 Å². The van der Waals surface area contributed by atoms with Crippen LogP contribution in [-0.4, -0.2) is 29.1 Å². The molecule has 0 spiro atoms. The first kappa shape index (κ1) is 20.3. The first-order chi connectivity index (χ1) is 14.6. The van der Waals surface area contributed by atoms with Gasteiger partial charge in [0, 0.05) is 25.1 Å². The van der Waals surface area contributed by atoms with Gasteiger partial charge in [0.15, 0.2) is 0 Å². The highest BCUT2D eigenvalue weighted by molar-refractivity contribution is 5.91. The smallest absolute Gasteiger partial charge is 0.290 e. The summed E-state index contributed by atoms with van der Waals surface area (Å²) in [4.78, 5) is 14.8. The van der Waals surface area contributed by atoms with Crippen molar-refractivity contribution in [2.45, 2.75) is 38.8 Å². The third kappa shape index (κ3) is 5.13. The molecule has 0 aliphatic carbocycles. The first-order valence-electron chi connectivity index (χ1n) is 10.3. The summed E-state index contributed by atoms with van der Waals surface area (Å²) in [6.45, 7) is 5.37. The van der Waals surface area contributed by atoms with Crippen LogP contribution in [0.25, 0.3) is 0 Å². The minimum atomic E-state index is -0.310. The number of piperidine rings is 1. The van der Waals surface area contributed by atoms with E-state index in [-0.39, 0.29) is 17.5 Å². The SMILES string of the molecule is Cc1ccc(CN2CCC(c3cc(C(=O)NCc4ccc(F)cc4)on3)CC2)cc1. The van der Waals surface area contributed by atoms with Crippen molar-refractivity contribution in [3.05, 3.63) is 88.6 Å². The number of nitrogens with one attached hydrogen (secondary N) is 1. The van der Waals surface area contributed by atoms with E-state index in [4.69, 9.17) is 4.52 Å². The Morgan fingerprint density at radius 1 is 1.10 bits per heavy atom. The van der Waals surface area contributed by atoms with Crippen molar-refractivity contribution in [3.63, 3.8) is 0 Å². The Labute approximate surface area is 175 Å². The lowest BCUT2D eigenvalue weighted by molar-refractivity contribution is 0.0913. The number of benzene rings is 2. The number of aryl methyl sites for hydroxylation is 1. The number of halogens is 1. The fraction of sp³-hybridized carbons (Fsp3) is 0.333. The van der Waals surface area contributed by atoms with Crippen molar-refractivity contribution in [2.24, 2.45) is 0 Å². The molecule has 2 aromatic carbocycles. The molecule has 1 aliphatic heterocycles. The van der Waals surface area contributed by atoms with E-state index in [1.165, 1.54) is 23.3 Å². The molecule has 1 aromatic heterocycles. The van der Waals surface area contributed by atoms with Gasteiger partial charge in [-0.15, -0.1) is 0 Å². The van der Waals surface area contributed by atoms with Gasteiger partial charge in [-0.2, -0.15) is 0 Å². The molecule has 6 heteroatoms. The van der Waals surface area contributed by atoms with E-state index in [0.29, 0.717) is 12.5 Å². The summed E-state index contributed by atoms with van der Waals surface area (Å²) in [5.74, 6) is -0.0828. The predicted molar refractivity (Wildman–Crippen MR) is 113 cm³/mol. The molecule has 0 atom stereocenters. The highest BCUT2D eigenvalue weighted by Gasteiger charge is 2.24. The van der Waals surface area contributed by atoms with Crippen LogP contribution in [0.2, 0.25) is 0 Å². The monoisotopic (exact) mass is 407 g/mol. The highest BCUT2D eigenvalue weighted by atomic mass is 19.1. The molecule has 1 N–H and O–H groups in total. The zero-order chi connectivity index (χ0) is 20.9. The maximum atomic E-state index is 13.0. The second kappa shape index (κ2) is 9.22. The van der Waals surface area contributed by atoms with Gasteiger partial charge in [-0.05, 0) is 56.1 Å². The van der Waals surface area contributed by atoms with Crippen molar-refractivity contribution < 1.29 is 13.7 Å². The van der Waals surface area contributed by atoms with Crippen LogP contribution < -0.4 is 5.32 Å². The molecule has 0 bridgehead atoms. The number of nitrogens with zero attached hydrogens (tertiary/aromatic N) is 2. The number of aromatic nitrogens is 1. The fourth-order valence-electron chi connectivity index (χ4n) is 3.80. The van der Waals surface area contributed by atoms with Gasteiger partial charge in [0.2, 0.25) is 5.76 Å². The zero-order valence-corrected chi connectivity index (χ0v) is 17.1. The molecular weight excluding hydrogens is 381 g/mol. The van der Waals surface area contributed by atoms with Crippen LogP contribution in [0.5, 0.6) is 0 Å². The van der Waals surface area contributed by atoms with E-state index >= 15 is 0 Å². The van der Waals surface area contributed by atoms with E-state index in [9.17, 15) is 9.18 Å². The maximum absolute atomic E-state index is 13.0. The summed E-state index contributed by atoms with van der Waals surface area (Å²) >= 11 is 0. The lowest BCUT2D eigenvalue weighted by Gasteiger charge is -2.31. The van der Waals surface area contributed by atoms with Crippen LogP contribution in [0, 0.1) is 12.7 Å². The van der Waals surface area contributed by atoms with Gasteiger partial charge in [-0.1, -0.05) is 47.1 Å². The van der Waals surface area contributed by atoms with Crippen LogP contribution in [0.3, 0.4) is 0 Å². The average molecular weight is 407 g/mol. The topological polar surface area (TPSA) is 58.4 Å². The maximum Gasteiger partial charge on any atom is 0.290 e. The number of carbonyl (C=O) groups excluding carboxylic acids is 1. The molecular formula is C24H26FN3O2. The molecule has 1 aliphatic rings. The molecule has 0 radical (unpaired) electrons. The molecule has 4 rings (SSSR count). The second-order valence-corrected chi connectivity index (χ2v) is 7.96. The van der Waals surface area contributed by atoms with Crippen LogP contribution in [0.1, 0.15) is 51.7 Å². The highest BCUT2D eigenvalue weighted by Crippen LogP contribution is 2.28. The fourth-order valence-corrected chi connectivity index (χ4v) is 3.80. The van der Waals surface area contributed by atoms with E-state index in [1.54, 1.807) is 18.2 Å². The second-order valence-electron chi connectivity index (χ2n) is 7.96. The van der Waals surface area contributed by atoms with Gasteiger partial charge in [0.1, 0.15) is 5.82 Å². The van der Waals surface area contributed by atoms with Gasteiger partial charge in [0.05, 0.1) is 5.69 Å². The van der Waals surface area contributed by atoms with Crippen molar-refractivity contribution in [1.29, 1.82) is 0 Å². The lowest BCUT2D eigenvalue weighted by atomic mass is 9.93. The van der Waals surface area contributed by atoms with Gasteiger partial charge in [-0.3, -0.25) is 9.69 Å². The van der Waals surface area contributed by atoms with Crippen molar-refractivity contribution >= 4 is 5.91 Å². The van der Waals surface area contributed by atoms with Gasteiger partial charge in [0.25, 0.3) is 5.91 Å².